The molecule has 1 aliphatic carbocycles. The van der Waals surface area contributed by atoms with Gasteiger partial charge in [0.1, 0.15) is 5.82 Å². The summed E-state index contributed by atoms with van der Waals surface area (Å²) in [5.41, 5.74) is 5.48. The molecule has 34 heavy (non-hydrogen) atoms. The molecule has 4 rings (SSSR count). The van der Waals surface area contributed by atoms with Crippen molar-refractivity contribution in [2.75, 3.05) is 37.7 Å². The number of fused-ring (bicyclic) bond motifs is 1. The average molecular weight is 466 g/mol. The van der Waals surface area contributed by atoms with Crippen LogP contribution in [0, 0.1) is 11.8 Å². The van der Waals surface area contributed by atoms with E-state index in [1.165, 1.54) is 23.1 Å². The monoisotopic (exact) mass is 465 g/mol. The van der Waals surface area contributed by atoms with Gasteiger partial charge in [0, 0.05) is 43.8 Å². The first-order valence-electron chi connectivity index (χ1n) is 13.1. The number of piperidine rings is 1. The minimum atomic E-state index is -0.0133. The molecule has 2 unspecified atom stereocenters. The van der Waals surface area contributed by atoms with Crippen LogP contribution in [0.1, 0.15) is 70.4 Å². The van der Waals surface area contributed by atoms with Crippen molar-refractivity contribution in [3.8, 4) is 11.3 Å². The van der Waals surface area contributed by atoms with Crippen LogP contribution in [0.2, 0.25) is 0 Å². The quantitative estimate of drug-likeness (QED) is 0.526. The lowest BCUT2D eigenvalue weighted by Gasteiger charge is -2.41. The predicted octanol–water partition coefficient (Wildman–Crippen LogP) is 4.72. The van der Waals surface area contributed by atoms with Gasteiger partial charge in [-0.15, -0.1) is 0 Å². The minimum absolute atomic E-state index is 0.0133. The summed E-state index contributed by atoms with van der Waals surface area (Å²) < 4.78 is 0. The van der Waals surface area contributed by atoms with Gasteiger partial charge >= 0.3 is 0 Å². The Morgan fingerprint density at radius 3 is 2.53 bits per heavy atom. The lowest BCUT2D eigenvalue weighted by Crippen LogP contribution is -2.43. The van der Waals surface area contributed by atoms with Crippen molar-refractivity contribution in [2.45, 2.75) is 70.8 Å². The zero-order valence-corrected chi connectivity index (χ0v) is 21.4. The number of nitrogens with zero attached hydrogens (tertiary/aromatic N) is 2. The van der Waals surface area contributed by atoms with Gasteiger partial charge in [-0.05, 0) is 78.8 Å². The van der Waals surface area contributed by atoms with Crippen LogP contribution in [0.25, 0.3) is 11.3 Å². The van der Waals surface area contributed by atoms with E-state index in [1.807, 2.05) is 0 Å². The molecule has 186 valence electrons. The molecule has 2 heterocycles. The Labute approximate surface area is 205 Å². The Morgan fingerprint density at radius 2 is 1.82 bits per heavy atom. The van der Waals surface area contributed by atoms with Gasteiger partial charge in [0.15, 0.2) is 0 Å². The fourth-order valence-corrected chi connectivity index (χ4v) is 5.74. The normalized spacial score (nSPS) is 22.7. The molecule has 0 spiro atoms. The van der Waals surface area contributed by atoms with E-state index in [1.54, 1.807) is 0 Å². The van der Waals surface area contributed by atoms with Crippen LogP contribution >= 0.6 is 0 Å². The predicted molar refractivity (Wildman–Crippen MR) is 140 cm³/mol. The van der Waals surface area contributed by atoms with Crippen molar-refractivity contribution >= 4 is 5.82 Å². The summed E-state index contributed by atoms with van der Waals surface area (Å²) >= 11 is 0. The molecular weight excluding hydrogens is 422 g/mol. The van der Waals surface area contributed by atoms with Crippen LogP contribution in [0.5, 0.6) is 0 Å². The summed E-state index contributed by atoms with van der Waals surface area (Å²) in [7, 11) is 0. The van der Waals surface area contributed by atoms with E-state index < -0.39 is 0 Å². The maximum atomic E-state index is 9.23. The third-order valence-electron chi connectivity index (χ3n) is 8.57. The van der Waals surface area contributed by atoms with E-state index in [2.05, 4.69) is 74.3 Å². The van der Waals surface area contributed by atoms with E-state index in [9.17, 15) is 10.2 Å². The second-order valence-corrected chi connectivity index (χ2v) is 11.2. The molecule has 2 aromatic rings. The Balaban J connectivity index is 1.41. The van der Waals surface area contributed by atoms with Crippen LogP contribution in [-0.2, 0) is 5.41 Å². The molecule has 1 aliphatic heterocycles. The van der Waals surface area contributed by atoms with Gasteiger partial charge in [-0.25, -0.2) is 4.98 Å². The van der Waals surface area contributed by atoms with E-state index in [4.69, 9.17) is 4.98 Å². The SMILES string of the molecule is CC1CC(C)C(C)(C)c2ccc(-c3cccc(N4CCC(NCCC(CO)CO)CC4)n3)cc21. The van der Waals surface area contributed by atoms with Crippen LogP contribution in [0.15, 0.2) is 36.4 Å². The van der Waals surface area contributed by atoms with Gasteiger partial charge in [-0.3, -0.25) is 0 Å². The smallest absolute Gasteiger partial charge is 0.129 e. The number of aromatic nitrogens is 1. The fraction of sp³-hybridized carbons (Fsp3) is 0.621. The summed E-state index contributed by atoms with van der Waals surface area (Å²) in [6.07, 6.45) is 4.21. The topological polar surface area (TPSA) is 68.6 Å². The number of hydrogen-bond acceptors (Lipinski definition) is 5. The highest BCUT2D eigenvalue weighted by Gasteiger charge is 2.36. The van der Waals surface area contributed by atoms with E-state index in [-0.39, 0.29) is 24.5 Å². The van der Waals surface area contributed by atoms with Gasteiger partial charge in [-0.1, -0.05) is 45.9 Å². The molecule has 0 amide bonds. The van der Waals surface area contributed by atoms with Crippen molar-refractivity contribution in [2.24, 2.45) is 11.8 Å². The molecule has 2 atom stereocenters. The molecule has 5 heteroatoms. The van der Waals surface area contributed by atoms with Gasteiger partial charge in [0.25, 0.3) is 0 Å². The number of pyridine rings is 1. The van der Waals surface area contributed by atoms with Crippen molar-refractivity contribution in [1.82, 2.24) is 10.3 Å². The van der Waals surface area contributed by atoms with Crippen LogP contribution in [0.4, 0.5) is 5.82 Å². The van der Waals surface area contributed by atoms with Crippen molar-refractivity contribution < 1.29 is 10.2 Å². The van der Waals surface area contributed by atoms with E-state index in [0.29, 0.717) is 17.9 Å². The Hall–Kier alpha value is -1.95. The molecule has 1 aromatic carbocycles. The minimum Gasteiger partial charge on any atom is -0.396 e. The Morgan fingerprint density at radius 1 is 1.09 bits per heavy atom. The van der Waals surface area contributed by atoms with Crippen LogP contribution < -0.4 is 10.2 Å². The Kier molecular flexibility index (Phi) is 7.96. The molecule has 3 N–H and O–H groups in total. The molecule has 1 aromatic heterocycles. The number of aliphatic hydroxyl groups is 2. The van der Waals surface area contributed by atoms with Gasteiger partial charge < -0.3 is 20.4 Å². The van der Waals surface area contributed by atoms with Crippen molar-refractivity contribution in [3.05, 3.63) is 47.5 Å². The zero-order valence-electron chi connectivity index (χ0n) is 21.4. The number of nitrogens with one attached hydrogen (secondary N) is 1. The lowest BCUT2D eigenvalue weighted by atomic mass is 9.63. The number of hydrogen-bond donors (Lipinski definition) is 3. The largest absolute Gasteiger partial charge is 0.396 e. The number of anilines is 1. The van der Waals surface area contributed by atoms with E-state index in [0.717, 1.165) is 50.4 Å². The number of rotatable bonds is 8. The first kappa shape index (κ1) is 25.2. The second-order valence-electron chi connectivity index (χ2n) is 11.2. The number of benzene rings is 1. The molecule has 1 saturated heterocycles. The zero-order chi connectivity index (χ0) is 24.3. The highest BCUT2D eigenvalue weighted by atomic mass is 16.3. The maximum Gasteiger partial charge on any atom is 0.129 e. The van der Waals surface area contributed by atoms with Gasteiger partial charge in [0.2, 0.25) is 0 Å². The molecule has 1 fully saturated rings. The lowest BCUT2D eigenvalue weighted by molar-refractivity contribution is 0.142. The van der Waals surface area contributed by atoms with Crippen LogP contribution in [0.3, 0.4) is 0 Å². The molecule has 5 nitrogen and oxygen atoms in total. The first-order valence-corrected chi connectivity index (χ1v) is 13.1. The fourth-order valence-electron chi connectivity index (χ4n) is 5.74. The van der Waals surface area contributed by atoms with Crippen LogP contribution in [-0.4, -0.2) is 54.1 Å². The average Bonchev–Trinajstić information content (AvgIpc) is 2.86. The number of aliphatic hydroxyl groups excluding tert-OH is 2. The summed E-state index contributed by atoms with van der Waals surface area (Å²) in [4.78, 5) is 7.47. The third-order valence-corrected chi connectivity index (χ3v) is 8.57. The standard InChI is InChI=1S/C29H43N3O2/c1-20-16-21(2)29(3,4)26-9-8-23(17-25(20)26)27-6-5-7-28(31-27)32-14-11-24(12-15-32)30-13-10-22(18-33)19-34/h5-9,17,20-22,24,30,33-34H,10-16,18-19H2,1-4H3. The van der Waals surface area contributed by atoms with Crippen molar-refractivity contribution in [3.63, 3.8) is 0 Å². The summed E-state index contributed by atoms with van der Waals surface area (Å²) in [5, 5.41) is 22.1. The summed E-state index contributed by atoms with van der Waals surface area (Å²) in [5.74, 6) is 2.32. The summed E-state index contributed by atoms with van der Waals surface area (Å²) in [6, 6.07) is 13.9. The molecular formula is C29H43N3O2. The first-order chi connectivity index (χ1) is 16.3. The maximum absolute atomic E-state index is 9.23. The second kappa shape index (κ2) is 10.8. The molecule has 0 bridgehead atoms. The highest BCUT2D eigenvalue weighted by molar-refractivity contribution is 5.64. The summed E-state index contributed by atoms with van der Waals surface area (Å²) in [6.45, 7) is 12.5. The molecule has 2 aliphatic rings. The third kappa shape index (κ3) is 5.32. The molecule has 0 saturated carbocycles. The van der Waals surface area contributed by atoms with Gasteiger partial charge in [0.05, 0.1) is 5.69 Å². The highest BCUT2D eigenvalue weighted by Crippen LogP contribution is 2.47. The van der Waals surface area contributed by atoms with Gasteiger partial charge in [-0.2, -0.15) is 0 Å². The Bertz CT molecular complexity index is 948. The van der Waals surface area contributed by atoms with E-state index >= 15 is 0 Å². The van der Waals surface area contributed by atoms with Crippen molar-refractivity contribution in [1.29, 1.82) is 0 Å². The molecule has 0 radical (unpaired) electrons.